The van der Waals surface area contributed by atoms with Crippen LogP contribution in [0.15, 0.2) is 42.5 Å². The van der Waals surface area contributed by atoms with Gasteiger partial charge in [-0.15, -0.1) is 0 Å². The Hall–Kier alpha value is -2.07. The van der Waals surface area contributed by atoms with Gasteiger partial charge in [-0.2, -0.15) is 0 Å². The second-order valence-electron chi connectivity index (χ2n) is 5.32. The summed E-state index contributed by atoms with van der Waals surface area (Å²) >= 11 is 6.04. The van der Waals surface area contributed by atoms with E-state index in [9.17, 15) is 9.18 Å². The third-order valence-corrected chi connectivity index (χ3v) is 4.02. The Kier molecular flexibility index (Phi) is 4.03. The van der Waals surface area contributed by atoms with Crippen LogP contribution in [0.5, 0.6) is 0 Å². The number of hydrogen-bond acceptors (Lipinski definition) is 2. The van der Waals surface area contributed by atoms with E-state index in [2.05, 4.69) is 5.32 Å². The van der Waals surface area contributed by atoms with Crippen LogP contribution in [-0.2, 0) is 11.3 Å². The van der Waals surface area contributed by atoms with E-state index >= 15 is 0 Å². The highest BCUT2D eigenvalue weighted by Crippen LogP contribution is 2.35. The molecule has 1 heterocycles. The predicted molar refractivity (Wildman–Crippen MR) is 86.7 cm³/mol. The van der Waals surface area contributed by atoms with Gasteiger partial charge in [0.05, 0.1) is 17.9 Å². The quantitative estimate of drug-likeness (QED) is 0.919. The maximum atomic E-state index is 13.4. The van der Waals surface area contributed by atoms with Gasteiger partial charge < -0.3 is 10.2 Å². The van der Waals surface area contributed by atoms with E-state index in [4.69, 9.17) is 11.6 Å². The predicted octanol–water partition coefficient (Wildman–Crippen LogP) is 4.22. The molecule has 1 atom stereocenters. The normalized spacial score (nSPS) is 17.1. The van der Waals surface area contributed by atoms with Gasteiger partial charge in [-0.05, 0) is 42.3 Å². The summed E-state index contributed by atoms with van der Waals surface area (Å²) in [6.45, 7) is 2.29. The van der Waals surface area contributed by atoms with E-state index < -0.39 is 0 Å². The van der Waals surface area contributed by atoms with Crippen molar-refractivity contribution in [3.8, 4) is 0 Å². The van der Waals surface area contributed by atoms with E-state index in [1.807, 2.05) is 25.1 Å². The van der Waals surface area contributed by atoms with Crippen LogP contribution in [0.3, 0.4) is 0 Å². The van der Waals surface area contributed by atoms with Crippen LogP contribution in [0.25, 0.3) is 0 Å². The molecule has 2 aromatic rings. The highest BCUT2D eigenvalue weighted by atomic mass is 35.5. The van der Waals surface area contributed by atoms with Crippen LogP contribution in [0.2, 0.25) is 5.02 Å². The topological polar surface area (TPSA) is 32.3 Å². The van der Waals surface area contributed by atoms with E-state index in [0.29, 0.717) is 18.0 Å². The van der Waals surface area contributed by atoms with Crippen LogP contribution in [0.4, 0.5) is 15.8 Å². The van der Waals surface area contributed by atoms with Crippen molar-refractivity contribution in [2.45, 2.75) is 25.9 Å². The molecule has 1 N–H and O–H groups in total. The Morgan fingerprint density at radius 1 is 1.27 bits per heavy atom. The molecule has 0 aromatic heterocycles. The lowest BCUT2D eigenvalue weighted by atomic mass is 10.1. The molecule has 3 rings (SSSR count). The van der Waals surface area contributed by atoms with Gasteiger partial charge in [-0.25, -0.2) is 4.39 Å². The highest BCUT2D eigenvalue weighted by Gasteiger charge is 2.31. The zero-order valence-corrected chi connectivity index (χ0v) is 12.9. The molecule has 0 saturated heterocycles. The summed E-state index contributed by atoms with van der Waals surface area (Å²) in [5.74, 6) is -0.315. The number of nitrogens with one attached hydrogen (secondary N) is 1. The monoisotopic (exact) mass is 318 g/mol. The second kappa shape index (κ2) is 5.97. The van der Waals surface area contributed by atoms with Crippen LogP contribution >= 0.6 is 11.6 Å². The number of carbonyl (C=O) groups excluding carboxylic acids is 1. The fraction of sp³-hybridized carbons (Fsp3) is 0.235. The Morgan fingerprint density at radius 2 is 2.09 bits per heavy atom. The fourth-order valence-electron chi connectivity index (χ4n) is 2.67. The molecule has 0 bridgehead atoms. The molecule has 22 heavy (non-hydrogen) atoms. The lowest BCUT2D eigenvalue weighted by Gasteiger charge is -2.35. The van der Waals surface area contributed by atoms with E-state index in [1.165, 1.54) is 12.1 Å². The van der Waals surface area contributed by atoms with Gasteiger partial charge >= 0.3 is 0 Å². The number of benzene rings is 2. The van der Waals surface area contributed by atoms with Gasteiger partial charge in [0.1, 0.15) is 11.9 Å². The van der Waals surface area contributed by atoms with Gasteiger partial charge in [0.2, 0.25) is 5.91 Å². The Morgan fingerprint density at radius 3 is 2.82 bits per heavy atom. The van der Waals surface area contributed by atoms with Gasteiger partial charge in [0.15, 0.2) is 0 Å². The van der Waals surface area contributed by atoms with Crippen molar-refractivity contribution in [2.24, 2.45) is 0 Å². The minimum atomic E-state index is -0.302. The number of rotatable bonds is 3. The van der Waals surface area contributed by atoms with E-state index in [1.54, 1.807) is 17.0 Å². The number of carbonyl (C=O) groups is 1. The minimum Gasteiger partial charge on any atom is -0.372 e. The number of fused-ring (bicyclic) bond motifs is 1. The molecule has 2 aromatic carbocycles. The third kappa shape index (κ3) is 2.79. The zero-order chi connectivity index (χ0) is 15.7. The van der Waals surface area contributed by atoms with Crippen LogP contribution in [0, 0.1) is 5.82 Å². The first-order valence-electron chi connectivity index (χ1n) is 7.20. The molecule has 0 aliphatic carbocycles. The van der Waals surface area contributed by atoms with E-state index in [0.717, 1.165) is 16.9 Å². The Labute approximate surface area is 133 Å². The van der Waals surface area contributed by atoms with E-state index in [-0.39, 0.29) is 17.8 Å². The van der Waals surface area contributed by atoms with Gasteiger partial charge in [0, 0.05) is 5.02 Å². The number of amides is 1. The summed E-state index contributed by atoms with van der Waals surface area (Å²) in [4.78, 5) is 14.3. The second-order valence-corrected chi connectivity index (χ2v) is 5.76. The Bertz CT molecular complexity index is 720. The SMILES string of the molecule is CCC1Nc2cc(Cl)ccc2N(Cc2cccc(F)c2)C1=O. The molecule has 0 radical (unpaired) electrons. The highest BCUT2D eigenvalue weighted by molar-refractivity contribution is 6.31. The van der Waals surface area contributed by atoms with Crippen molar-refractivity contribution in [1.82, 2.24) is 0 Å². The number of halogens is 2. The largest absolute Gasteiger partial charge is 0.372 e. The first-order chi connectivity index (χ1) is 10.6. The molecular formula is C17H16ClFN2O. The summed E-state index contributed by atoms with van der Waals surface area (Å²) in [6, 6.07) is 11.4. The third-order valence-electron chi connectivity index (χ3n) is 3.78. The average Bonchev–Trinajstić information content (AvgIpc) is 2.50. The summed E-state index contributed by atoms with van der Waals surface area (Å²) in [5, 5.41) is 3.83. The molecule has 1 aliphatic heterocycles. The van der Waals surface area contributed by atoms with Crippen LogP contribution in [0.1, 0.15) is 18.9 Å². The summed E-state index contributed by atoms with van der Waals surface area (Å²) in [5.41, 5.74) is 2.35. The maximum absolute atomic E-state index is 13.4. The summed E-state index contributed by atoms with van der Waals surface area (Å²) in [6.07, 6.45) is 0.671. The van der Waals surface area contributed by atoms with Crippen LogP contribution < -0.4 is 10.2 Å². The van der Waals surface area contributed by atoms with Crippen molar-refractivity contribution in [2.75, 3.05) is 10.2 Å². The molecule has 1 aliphatic rings. The molecule has 0 saturated carbocycles. The van der Waals surface area contributed by atoms with Crippen molar-refractivity contribution >= 4 is 28.9 Å². The first-order valence-corrected chi connectivity index (χ1v) is 7.58. The first kappa shape index (κ1) is 14.9. The molecule has 3 nitrogen and oxygen atoms in total. The van der Waals surface area contributed by atoms with Gasteiger partial charge in [-0.1, -0.05) is 30.7 Å². The summed E-state index contributed by atoms with van der Waals surface area (Å²) < 4.78 is 13.4. The van der Waals surface area contributed by atoms with Crippen LogP contribution in [-0.4, -0.2) is 11.9 Å². The molecule has 1 amide bonds. The number of hydrogen-bond donors (Lipinski definition) is 1. The maximum Gasteiger partial charge on any atom is 0.249 e. The molecule has 5 heteroatoms. The molecule has 0 spiro atoms. The molecule has 114 valence electrons. The van der Waals surface area contributed by atoms with Crippen molar-refractivity contribution in [3.05, 3.63) is 58.9 Å². The zero-order valence-electron chi connectivity index (χ0n) is 12.1. The smallest absolute Gasteiger partial charge is 0.249 e. The standard InChI is InChI=1S/C17H16ClFN2O/c1-2-14-17(22)21(10-11-4-3-5-13(19)8-11)16-7-6-12(18)9-15(16)20-14/h3-9,14,20H,2,10H2,1H3. The number of anilines is 2. The lowest BCUT2D eigenvalue weighted by molar-refractivity contribution is -0.119. The lowest BCUT2D eigenvalue weighted by Crippen LogP contribution is -2.46. The van der Waals surface area contributed by atoms with Crippen molar-refractivity contribution in [3.63, 3.8) is 0 Å². The summed E-state index contributed by atoms with van der Waals surface area (Å²) in [7, 11) is 0. The van der Waals surface area contributed by atoms with Gasteiger partial charge in [0.25, 0.3) is 0 Å². The number of nitrogens with zero attached hydrogens (tertiary/aromatic N) is 1. The average molecular weight is 319 g/mol. The van der Waals surface area contributed by atoms with Gasteiger partial charge in [-0.3, -0.25) is 4.79 Å². The fourth-order valence-corrected chi connectivity index (χ4v) is 2.85. The molecular weight excluding hydrogens is 303 g/mol. The minimum absolute atomic E-state index is 0.0124. The van der Waals surface area contributed by atoms with Crippen molar-refractivity contribution in [1.29, 1.82) is 0 Å². The Balaban J connectivity index is 1.99. The molecule has 0 fully saturated rings. The van der Waals surface area contributed by atoms with Crippen molar-refractivity contribution < 1.29 is 9.18 Å². The molecule has 1 unspecified atom stereocenters.